The van der Waals surface area contributed by atoms with Crippen LogP contribution in [0.2, 0.25) is 0 Å². The predicted molar refractivity (Wildman–Crippen MR) is 99.7 cm³/mol. The van der Waals surface area contributed by atoms with Crippen LogP contribution in [0, 0.1) is 16.7 Å². The van der Waals surface area contributed by atoms with Gasteiger partial charge < -0.3 is 16.2 Å². The number of anilines is 2. The SMILES string of the molecule is CC(C)(C)C[C@H]1O[C@@H](n2cnc3c(N)nc(N)nc32)CC1C(C)(C)C. The third-order valence-corrected chi connectivity index (χ3v) is 4.94. The van der Waals surface area contributed by atoms with Crippen molar-refractivity contribution in [1.29, 1.82) is 0 Å². The van der Waals surface area contributed by atoms with Gasteiger partial charge in [-0.2, -0.15) is 9.97 Å². The van der Waals surface area contributed by atoms with E-state index in [0.29, 0.717) is 22.9 Å². The molecule has 4 N–H and O–H groups in total. The molecule has 1 aliphatic heterocycles. The van der Waals surface area contributed by atoms with Crippen molar-refractivity contribution in [1.82, 2.24) is 19.5 Å². The number of ether oxygens (including phenoxy) is 1. The van der Waals surface area contributed by atoms with Gasteiger partial charge in [0.1, 0.15) is 11.7 Å². The first-order valence-electron chi connectivity index (χ1n) is 8.87. The predicted octanol–water partition coefficient (Wildman–Crippen LogP) is 3.38. The van der Waals surface area contributed by atoms with Gasteiger partial charge in [-0.25, -0.2) is 4.98 Å². The van der Waals surface area contributed by atoms with Crippen LogP contribution in [0.25, 0.3) is 11.2 Å². The summed E-state index contributed by atoms with van der Waals surface area (Å²) < 4.78 is 8.44. The zero-order chi connectivity index (χ0) is 18.6. The minimum absolute atomic E-state index is 0.115. The van der Waals surface area contributed by atoms with Crippen molar-refractivity contribution in [2.24, 2.45) is 16.7 Å². The monoisotopic (exact) mass is 346 g/mol. The molecule has 3 atom stereocenters. The summed E-state index contributed by atoms with van der Waals surface area (Å²) in [5.41, 5.74) is 13.3. The number of hydrogen-bond donors (Lipinski definition) is 2. The fourth-order valence-electron chi connectivity index (χ4n) is 3.77. The van der Waals surface area contributed by atoms with E-state index in [0.717, 1.165) is 12.8 Å². The van der Waals surface area contributed by atoms with Gasteiger partial charge in [0, 0.05) is 0 Å². The Kier molecular flexibility index (Phi) is 4.18. The van der Waals surface area contributed by atoms with Gasteiger partial charge in [0.05, 0.1) is 12.4 Å². The Balaban J connectivity index is 1.96. The summed E-state index contributed by atoms with van der Waals surface area (Å²) in [6.07, 6.45) is 3.74. The largest absolute Gasteiger partial charge is 0.382 e. The van der Waals surface area contributed by atoms with Crippen LogP contribution >= 0.6 is 0 Å². The molecule has 0 amide bonds. The van der Waals surface area contributed by atoms with Gasteiger partial charge in [-0.3, -0.25) is 4.57 Å². The molecule has 25 heavy (non-hydrogen) atoms. The van der Waals surface area contributed by atoms with Crippen molar-refractivity contribution < 1.29 is 4.74 Å². The van der Waals surface area contributed by atoms with Crippen LogP contribution in [0.15, 0.2) is 6.33 Å². The molecule has 0 radical (unpaired) electrons. The van der Waals surface area contributed by atoms with E-state index in [1.165, 1.54) is 0 Å². The smallest absolute Gasteiger partial charge is 0.224 e. The molecule has 1 unspecified atom stereocenters. The Bertz CT molecular complexity index is 770. The summed E-state index contributed by atoms with van der Waals surface area (Å²) in [6.45, 7) is 13.6. The van der Waals surface area contributed by atoms with E-state index >= 15 is 0 Å². The van der Waals surface area contributed by atoms with Gasteiger partial charge in [-0.15, -0.1) is 0 Å². The molecule has 0 saturated carbocycles. The van der Waals surface area contributed by atoms with Crippen molar-refractivity contribution in [2.75, 3.05) is 11.5 Å². The van der Waals surface area contributed by atoms with E-state index in [-0.39, 0.29) is 29.1 Å². The van der Waals surface area contributed by atoms with Crippen LogP contribution < -0.4 is 11.5 Å². The van der Waals surface area contributed by atoms with E-state index in [1.807, 2.05) is 4.57 Å². The summed E-state index contributed by atoms with van der Waals surface area (Å²) in [7, 11) is 0. The van der Waals surface area contributed by atoms with E-state index in [4.69, 9.17) is 16.2 Å². The topological polar surface area (TPSA) is 105 Å². The highest BCUT2D eigenvalue weighted by atomic mass is 16.5. The molecule has 2 aromatic rings. The second-order valence-electron chi connectivity index (χ2n) is 9.39. The van der Waals surface area contributed by atoms with Gasteiger partial charge in [-0.1, -0.05) is 41.5 Å². The molecule has 7 nitrogen and oxygen atoms in total. The number of fused-ring (bicyclic) bond motifs is 1. The molecular formula is C18H30N6O. The second-order valence-corrected chi connectivity index (χ2v) is 9.39. The first-order valence-corrected chi connectivity index (χ1v) is 8.87. The molecule has 0 bridgehead atoms. The van der Waals surface area contributed by atoms with Crippen LogP contribution in [0.4, 0.5) is 11.8 Å². The number of rotatable bonds is 2. The molecule has 138 valence electrons. The lowest BCUT2D eigenvalue weighted by atomic mass is 9.73. The van der Waals surface area contributed by atoms with Gasteiger partial charge in [0.15, 0.2) is 11.5 Å². The highest BCUT2D eigenvalue weighted by Crippen LogP contribution is 2.47. The van der Waals surface area contributed by atoms with Gasteiger partial charge >= 0.3 is 0 Å². The van der Waals surface area contributed by atoms with Crippen LogP contribution in [-0.2, 0) is 4.74 Å². The summed E-state index contributed by atoms with van der Waals surface area (Å²) in [5, 5.41) is 0. The Hall–Kier alpha value is -1.89. The summed E-state index contributed by atoms with van der Waals surface area (Å²) >= 11 is 0. The minimum Gasteiger partial charge on any atom is -0.382 e. The summed E-state index contributed by atoms with van der Waals surface area (Å²) in [5.74, 6) is 0.909. The standard InChI is InChI=1S/C18H30N6O/c1-17(2,3)8-11-10(18(4,5)6)7-12(25-11)24-9-21-13-14(19)22-16(20)23-15(13)24/h9-12H,7-8H2,1-6H3,(H4,19,20,22,23)/t10?,11-,12-/m1/s1. The van der Waals surface area contributed by atoms with Crippen molar-refractivity contribution in [3.05, 3.63) is 6.33 Å². The zero-order valence-electron chi connectivity index (χ0n) is 16.1. The van der Waals surface area contributed by atoms with Gasteiger partial charge in [0.25, 0.3) is 0 Å². The van der Waals surface area contributed by atoms with Gasteiger partial charge in [0.2, 0.25) is 5.95 Å². The number of aromatic nitrogens is 4. The maximum absolute atomic E-state index is 6.49. The summed E-state index contributed by atoms with van der Waals surface area (Å²) in [6, 6.07) is 0. The highest BCUT2D eigenvalue weighted by Gasteiger charge is 2.44. The van der Waals surface area contributed by atoms with Crippen LogP contribution in [-0.4, -0.2) is 25.6 Å². The molecule has 1 fully saturated rings. The molecule has 2 aromatic heterocycles. The maximum Gasteiger partial charge on any atom is 0.224 e. The fourth-order valence-corrected chi connectivity index (χ4v) is 3.77. The number of nitrogens with two attached hydrogens (primary N) is 2. The third-order valence-electron chi connectivity index (χ3n) is 4.94. The lowest BCUT2D eigenvalue weighted by Crippen LogP contribution is -2.31. The van der Waals surface area contributed by atoms with Crippen LogP contribution in [0.5, 0.6) is 0 Å². The normalized spacial score (nSPS) is 25.0. The number of imidazole rings is 1. The fraction of sp³-hybridized carbons (Fsp3) is 0.722. The van der Waals surface area contributed by atoms with E-state index < -0.39 is 0 Å². The quantitative estimate of drug-likeness (QED) is 0.863. The van der Waals surface area contributed by atoms with Crippen LogP contribution in [0.1, 0.15) is 60.6 Å². The molecule has 1 aliphatic rings. The number of hydrogen-bond acceptors (Lipinski definition) is 6. The average molecular weight is 346 g/mol. The minimum atomic E-state index is -0.115. The average Bonchev–Trinajstić information content (AvgIpc) is 2.99. The van der Waals surface area contributed by atoms with Gasteiger partial charge in [-0.05, 0) is 29.6 Å². The molecule has 3 heterocycles. The Morgan fingerprint density at radius 1 is 1.16 bits per heavy atom. The number of nitrogens with zero attached hydrogens (tertiary/aromatic N) is 4. The molecule has 0 aromatic carbocycles. The van der Waals surface area contributed by atoms with Crippen molar-refractivity contribution >= 4 is 22.9 Å². The molecule has 1 saturated heterocycles. The van der Waals surface area contributed by atoms with Crippen molar-refractivity contribution in [2.45, 2.75) is 66.7 Å². The lowest BCUT2D eigenvalue weighted by Gasteiger charge is -2.33. The van der Waals surface area contributed by atoms with E-state index in [2.05, 4.69) is 56.5 Å². The zero-order valence-corrected chi connectivity index (χ0v) is 16.1. The Labute approximate surface area is 149 Å². The highest BCUT2D eigenvalue weighted by molar-refractivity contribution is 5.82. The van der Waals surface area contributed by atoms with E-state index in [9.17, 15) is 0 Å². The Morgan fingerprint density at radius 2 is 1.84 bits per heavy atom. The van der Waals surface area contributed by atoms with Crippen molar-refractivity contribution in [3.8, 4) is 0 Å². The van der Waals surface area contributed by atoms with Crippen LogP contribution in [0.3, 0.4) is 0 Å². The molecular weight excluding hydrogens is 316 g/mol. The lowest BCUT2D eigenvalue weighted by molar-refractivity contribution is -0.0309. The maximum atomic E-state index is 6.49. The third kappa shape index (κ3) is 3.56. The summed E-state index contributed by atoms with van der Waals surface area (Å²) in [4.78, 5) is 12.7. The van der Waals surface area contributed by atoms with Crippen molar-refractivity contribution in [3.63, 3.8) is 0 Å². The van der Waals surface area contributed by atoms with E-state index in [1.54, 1.807) is 6.33 Å². The molecule has 7 heteroatoms. The Morgan fingerprint density at radius 3 is 2.44 bits per heavy atom. The molecule has 3 rings (SSSR count). The second kappa shape index (κ2) is 5.83. The molecule has 0 spiro atoms. The first-order chi connectivity index (χ1) is 11.5. The number of nitrogen functional groups attached to an aromatic ring is 2. The molecule has 0 aliphatic carbocycles. The first kappa shape index (κ1) is 17.9.